The van der Waals surface area contributed by atoms with Gasteiger partial charge in [-0.3, -0.25) is 4.79 Å². The van der Waals surface area contributed by atoms with Crippen molar-refractivity contribution in [2.24, 2.45) is 22.4 Å². The molecule has 1 aromatic rings. The lowest BCUT2D eigenvalue weighted by molar-refractivity contribution is -0.119. The third kappa shape index (κ3) is 2.58. The number of aryl methyl sites for hydroxylation is 1. The van der Waals surface area contributed by atoms with E-state index in [9.17, 15) is 4.79 Å². The van der Waals surface area contributed by atoms with Gasteiger partial charge >= 0.3 is 0 Å². The number of aliphatic imine (C=N–C) groups is 1. The molecule has 0 spiro atoms. The molecule has 1 amide bonds. The van der Waals surface area contributed by atoms with E-state index in [0.29, 0.717) is 5.02 Å². The molecule has 0 aromatic heterocycles. The van der Waals surface area contributed by atoms with Gasteiger partial charge in [0.05, 0.1) is 0 Å². The Hall–Kier alpha value is -1.55. The van der Waals surface area contributed by atoms with Gasteiger partial charge in [-0.2, -0.15) is 4.99 Å². The molecule has 0 radical (unpaired) electrons. The third-order valence-corrected chi connectivity index (χ3v) is 3.22. The number of amides is 1. The first-order chi connectivity index (χ1) is 7.99. The molecule has 1 aliphatic carbocycles. The van der Waals surface area contributed by atoms with Crippen LogP contribution in [0.1, 0.15) is 23.5 Å². The second-order valence-corrected chi connectivity index (χ2v) is 4.76. The van der Waals surface area contributed by atoms with E-state index in [4.69, 9.17) is 23.1 Å². The minimum Gasteiger partial charge on any atom is -0.370 e. The van der Waals surface area contributed by atoms with Crippen LogP contribution in [0.15, 0.2) is 23.2 Å². The van der Waals surface area contributed by atoms with Crippen LogP contribution in [-0.4, -0.2) is 11.9 Å². The summed E-state index contributed by atoms with van der Waals surface area (Å²) in [7, 11) is 0. The van der Waals surface area contributed by atoms with Crippen molar-refractivity contribution >= 4 is 23.5 Å². The van der Waals surface area contributed by atoms with Crippen LogP contribution in [0.25, 0.3) is 0 Å². The summed E-state index contributed by atoms with van der Waals surface area (Å²) in [5.41, 5.74) is 12.6. The lowest BCUT2D eigenvalue weighted by Crippen LogP contribution is -2.24. The van der Waals surface area contributed by atoms with Crippen molar-refractivity contribution in [3.63, 3.8) is 0 Å². The average molecular weight is 252 g/mol. The summed E-state index contributed by atoms with van der Waals surface area (Å²) in [4.78, 5) is 15.2. The van der Waals surface area contributed by atoms with Crippen molar-refractivity contribution in [1.29, 1.82) is 0 Å². The molecule has 1 aromatic carbocycles. The highest BCUT2D eigenvalue weighted by Crippen LogP contribution is 2.49. The Bertz CT molecular complexity index is 495. The van der Waals surface area contributed by atoms with Gasteiger partial charge in [-0.25, -0.2) is 0 Å². The lowest BCUT2D eigenvalue weighted by Gasteiger charge is -2.04. The van der Waals surface area contributed by atoms with Crippen molar-refractivity contribution in [1.82, 2.24) is 0 Å². The fraction of sp³-hybridized carbons (Fsp3) is 0.333. The van der Waals surface area contributed by atoms with E-state index in [1.54, 1.807) is 0 Å². The predicted molar refractivity (Wildman–Crippen MR) is 67.9 cm³/mol. The summed E-state index contributed by atoms with van der Waals surface area (Å²) >= 11 is 5.95. The minimum absolute atomic E-state index is 0.103. The molecule has 0 saturated heterocycles. The zero-order chi connectivity index (χ0) is 12.6. The fourth-order valence-electron chi connectivity index (χ4n) is 2.03. The van der Waals surface area contributed by atoms with Gasteiger partial charge in [0.2, 0.25) is 0 Å². The van der Waals surface area contributed by atoms with E-state index >= 15 is 0 Å². The Morgan fingerprint density at radius 1 is 1.47 bits per heavy atom. The molecule has 1 fully saturated rings. The van der Waals surface area contributed by atoms with Gasteiger partial charge in [-0.15, -0.1) is 0 Å². The van der Waals surface area contributed by atoms with Gasteiger partial charge < -0.3 is 11.5 Å². The number of benzene rings is 1. The van der Waals surface area contributed by atoms with Crippen LogP contribution in [-0.2, 0) is 4.79 Å². The first-order valence-corrected chi connectivity index (χ1v) is 5.76. The topological polar surface area (TPSA) is 81.5 Å². The third-order valence-electron chi connectivity index (χ3n) is 2.99. The monoisotopic (exact) mass is 251 g/mol. The highest BCUT2D eigenvalue weighted by Gasteiger charge is 2.44. The quantitative estimate of drug-likeness (QED) is 0.618. The summed E-state index contributed by atoms with van der Waals surface area (Å²) in [5.74, 6) is -0.323. The summed E-state index contributed by atoms with van der Waals surface area (Å²) in [6.45, 7) is 2.01. The second-order valence-electron chi connectivity index (χ2n) is 4.32. The molecule has 17 heavy (non-hydrogen) atoms. The molecule has 2 rings (SSSR count). The van der Waals surface area contributed by atoms with Crippen LogP contribution in [0.3, 0.4) is 0 Å². The van der Waals surface area contributed by atoms with Crippen molar-refractivity contribution in [3.8, 4) is 0 Å². The lowest BCUT2D eigenvalue weighted by atomic mass is 10.0. The molecule has 1 aliphatic rings. The Labute approximate surface area is 105 Å². The van der Waals surface area contributed by atoms with E-state index in [1.807, 2.05) is 25.1 Å². The molecule has 0 heterocycles. The number of carbonyl (C=O) groups excluding carboxylic acids is 1. The molecule has 0 aliphatic heterocycles. The van der Waals surface area contributed by atoms with Crippen LogP contribution >= 0.6 is 11.6 Å². The van der Waals surface area contributed by atoms with Crippen molar-refractivity contribution in [2.45, 2.75) is 19.3 Å². The van der Waals surface area contributed by atoms with Crippen LogP contribution in [0, 0.1) is 12.8 Å². The van der Waals surface area contributed by atoms with Crippen LogP contribution in [0.4, 0.5) is 0 Å². The zero-order valence-electron chi connectivity index (χ0n) is 9.48. The fourth-order valence-corrected chi connectivity index (χ4v) is 2.21. The average Bonchev–Trinajstić information content (AvgIpc) is 3.00. The van der Waals surface area contributed by atoms with Crippen molar-refractivity contribution in [2.75, 3.05) is 0 Å². The molecular formula is C12H14ClN3O. The number of hydrogen-bond donors (Lipinski definition) is 2. The summed E-state index contributed by atoms with van der Waals surface area (Å²) in [5, 5.41) is 0.686. The van der Waals surface area contributed by atoms with Crippen LogP contribution in [0.5, 0.6) is 0 Å². The largest absolute Gasteiger partial charge is 0.370 e. The number of guanidine groups is 1. The van der Waals surface area contributed by atoms with Crippen molar-refractivity contribution in [3.05, 3.63) is 34.3 Å². The molecule has 4 nitrogen and oxygen atoms in total. The SMILES string of the molecule is Cc1ccc(Cl)cc1C1CC1C(=O)N=C(N)N. The van der Waals surface area contributed by atoms with Gasteiger partial charge in [0.1, 0.15) is 0 Å². The zero-order valence-corrected chi connectivity index (χ0v) is 10.2. The minimum atomic E-state index is -0.241. The van der Waals surface area contributed by atoms with E-state index < -0.39 is 0 Å². The number of halogens is 1. The Morgan fingerprint density at radius 2 is 2.18 bits per heavy atom. The first kappa shape index (κ1) is 11.9. The number of nitrogens with zero attached hydrogens (tertiary/aromatic N) is 1. The predicted octanol–water partition coefficient (Wildman–Crippen LogP) is 1.55. The van der Waals surface area contributed by atoms with Gasteiger partial charge in [-0.05, 0) is 42.5 Å². The molecule has 4 N–H and O–H groups in total. The Balaban J connectivity index is 2.15. The highest BCUT2D eigenvalue weighted by molar-refractivity contribution is 6.30. The first-order valence-electron chi connectivity index (χ1n) is 5.38. The van der Waals surface area contributed by atoms with Crippen LogP contribution < -0.4 is 11.5 Å². The molecule has 1 saturated carbocycles. The molecule has 90 valence electrons. The maximum absolute atomic E-state index is 11.6. The maximum atomic E-state index is 11.6. The maximum Gasteiger partial charge on any atom is 0.252 e. The summed E-state index contributed by atoms with van der Waals surface area (Å²) < 4.78 is 0. The summed E-state index contributed by atoms with van der Waals surface area (Å²) in [6.07, 6.45) is 0.788. The smallest absolute Gasteiger partial charge is 0.252 e. The van der Waals surface area contributed by atoms with Gasteiger partial charge in [-0.1, -0.05) is 17.7 Å². The van der Waals surface area contributed by atoms with Gasteiger partial charge in [0.15, 0.2) is 5.96 Å². The summed E-state index contributed by atoms with van der Waals surface area (Å²) in [6, 6.07) is 5.71. The number of hydrogen-bond acceptors (Lipinski definition) is 1. The molecular weight excluding hydrogens is 238 g/mol. The van der Waals surface area contributed by atoms with Gasteiger partial charge in [0, 0.05) is 10.9 Å². The second kappa shape index (κ2) is 4.37. The number of carbonyl (C=O) groups is 1. The standard InChI is InChI=1S/C12H14ClN3O/c1-6-2-3-7(13)4-8(6)9-5-10(9)11(17)16-12(14)15/h2-4,9-10H,5H2,1H3,(H4,14,15,16,17). The van der Waals surface area contributed by atoms with E-state index in [0.717, 1.165) is 17.5 Å². The Morgan fingerprint density at radius 3 is 2.82 bits per heavy atom. The van der Waals surface area contributed by atoms with Gasteiger partial charge in [0.25, 0.3) is 5.91 Å². The number of nitrogens with two attached hydrogens (primary N) is 2. The molecule has 0 bridgehead atoms. The van der Waals surface area contributed by atoms with Crippen molar-refractivity contribution < 1.29 is 4.79 Å². The Kier molecular flexibility index (Phi) is 3.07. The van der Waals surface area contributed by atoms with E-state index in [-0.39, 0.29) is 23.7 Å². The number of rotatable bonds is 2. The van der Waals surface area contributed by atoms with Crippen LogP contribution in [0.2, 0.25) is 5.02 Å². The molecule has 2 unspecified atom stereocenters. The normalized spacial score (nSPS) is 22.0. The van der Waals surface area contributed by atoms with E-state index in [1.165, 1.54) is 0 Å². The molecule has 5 heteroatoms. The molecule has 2 atom stereocenters. The van der Waals surface area contributed by atoms with E-state index in [2.05, 4.69) is 4.99 Å². The highest BCUT2D eigenvalue weighted by atomic mass is 35.5.